The molecule has 0 unspecified atom stereocenters. The second kappa shape index (κ2) is 8.93. The highest BCUT2D eigenvalue weighted by Gasteiger charge is 2.47. The molecule has 0 spiro atoms. The molecule has 3 rings (SSSR count). The first kappa shape index (κ1) is 23.8. The molecule has 10 heteroatoms. The fourth-order valence-corrected chi connectivity index (χ4v) is 3.10. The summed E-state index contributed by atoms with van der Waals surface area (Å²) in [7, 11) is 0. The van der Waals surface area contributed by atoms with Gasteiger partial charge in [0.1, 0.15) is 23.2 Å². The average molecular weight is 464 g/mol. The minimum Gasteiger partial charge on any atom is -0.494 e. The molecule has 32 heavy (non-hydrogen) atoms. The van der Waals surface area contributed by atoms with Gasteiger partial charge in [-0.1, -0.05) is 19.4 Å². The molecule has 0 saturated heterocycles. The number of hydrogen-bond acceptors (Lipinski definition) is 2. The van der Waals surface area contributed by atoms with Crippen LogP contribution in [0.25, 0.3) is 21.9 Å². The number of fused-ring (bicyclic) bond motifs is 1. The predicted octanol–water partition coefficient (Wildman–Crippen LogP) is 7.69. The van der Waals surface area contributed by atoms with Gasteiger partial charge in [-0.3, -0.25) is 0 Å². The number of benzene rings is 3. The molecule has 0 bridgehead atoms. The van der Waals surface area contributed by atoms with Crippen LogP contribution in [0.3, 0.4) is 0 Å². The van der Waals surface area contributed by atoms with E-state index < -0.39 is 46.6 Å². The monoisotopic (exact) mass is 464 g/mol. The van der Waals surface area contributed by atoms with Gasteiger partial charge in [-0.15, -0.1) is 13.2 Å². The minimum atomic E-state index is -5.73. The summed E-state index contributed by atoms with van der Waals surface area (Å²) in [5.41, 5.74) is -2.93. The van der Waals surface area contributed by atoms with Crippen LogP contribution in [-0.4, -0.2) is 13.0 Å². The van der Waals surface area contributed by atoms with Gasteiger partial charge in [0.15, 0.2) is 0 Å². The SMILES string of the molecule is CCCCOc1ccc2c(F)c(-c3ccc(C(F)(F)OC(F)(F)F)c(F)c3)c(F)cc2c1. The van der Waals surface area contributed by atoms with Gasteiger partial charge in [-0.2, -0.15) is 8.78 Å². The molecule has 0 heterocycles. The second-order valence-electron chi connectivity index (χ2n) is 6.89. The maximum Gasteiger partial charge on any atom is 0.527 e. The van der Waals surface area contributed by atoms with Crippen molar-refractivity contribution in [3.8, 4) is 16.9 Å². The van der Waals surface area contributed by atoms with Crippen molar-refractivity contribution in [3.05, 3.63) is 65.5 Å². The lowest BCUT2D eigenvalue weighted by molar-refractivity contribution is -0.432. The zero-order chi connectivity index (χ0) is 23.7. The van der Waals surface area contributed by atoms with Gasteiger partial charge in [0.2, 0.25) is 0 Å². The Morgan fingerprint density at radius 3 is 2.19 bits per heavy atom. The fraction of sp³-hybridized carbons (Fsp3) is 0.273. The van der Waals surface area contributed by atoms with Crippen LogP contribution in [0, 0.1) is 17.5 Å². The number of ether oxygens (including phenoxy) is 2. The third kappa shape index (κ3) is 5.12. The van der Waals surface area contributed by atoms with Gasteiger partial charge < -0.3 is 4.74 Å². The molecule has 0 amide bonds. The Hall–Kier alpha value is -2.88. The maximum absolute atomic E-state index is 15.0. The van der Waals surface area contributed by atoms with Crippen molar-refractivity contribution in [2.75, 3.05) is 6.61 Å². The molecule has 0 N–H and O–H groups in total. The van der Waals surface area contributed by atoms with E-state index in [-0.39, 0.29) is 16.8 Å². The van der Waals surface area contributed by atoms with Crippen molar-refractivity contribution in [2.24, 2.45) is 0 Å². The van der Waals surface area contributed by atoms with E-state index >= 15 is 4.39 Å². The molecule has 0 aliphatic rings. The van der Waals surface area contributed by atoms with Crippen LogP contribution in [-0.2, 0) is 10.8 Å². The Bertz CT molecular complexity index is 1130. The Kier molecular flexibility index (Phi) is 6.64. The maximum atomic E-state index is 15.0. The summed E-state index contributed by atoms with van der Waals surface area (Å²) in [5.74, 6) is -3.65. The Balaban J connectivity index is 2.00. The highest BCUT2D eigenvalue weighted by molar-refractivity contribution is 5.89. The summed E-state index contributed by atoms with van der Waals surface area (Å²) in [6.45, 7) is 2.38. The van der Waals surface area contributed by atoms with E-state index in [2.05, 4.69) is 4.74 Å². The third-order valence-electron chi connectivity index (χ3n) is 4.58. The molecule has 0 radical (unpaired) electrons. The van der Waals surface area contributed by atoms with Crippen molar-refractivity contribution in [3.63, 3.8) is 0 Å². The van der Waals surface area contributed by atoms with Crippen LogP contribution in [0.15, 0.2) is 42.5 Å². The topological polar surface area (TPSA) is 18.5 Å². The smallest absolute Gasteiger partial charge is 0.494 e. The van der Waals surface area contributed by atoms with Gasteiger partial charge >= 0.3 is 12.5 Å². The third-order valence-corrected chi connectivity index (χ3v) is 4.58. The van der Waals surface area contributed by atoms with Crippen molar-refractivity contribution in [1.82, 2.24) is 0 Å². The normalized spacial score (nSPS) is 12.4. The van der Waals surface area contributed by atoms with Gasteiger partial charge in [-0.25, -0.2) is 17.9 Å². The summed E-state index contributed by atoms with van der Waals surface area (Å²) in [6, 6.07) is 6.45. The summed E-state index contributed by atoms with van der Waals surface area (Å²) >= 11 is 0. The van der Waals surface area contributed by atoms with Crippen LogP contribution in [0.1, 0.15) is 25.3 Å². The van der Waals surface area contributed by atoms with Crippen LogP contribution >= 0.6 is 0 Å². The average Bonchev–Trinajstić information content (AvgIpc) is 2.66. The number of unbranched alkanes of at least 4 members (excludes halogenated alkanes) is 1. The zero-order valence-corrected chi connectivity index (χ0v) is 16.5. The van der Waals surface area contributed by atoms with Crippen molar-refractivity contribution in [1.29, 1.82) is 0 Å². The number of halogens is 8. The van der Waals surface area contributed by atoms with Crippen LogP contribution < -0.4 is 4.74 Å². The van der Waals surface area contributed by atoms with E-state index in [4.69, 9.17) is 4.74 Å². The lowest BCUT2D eigenvalue weighted by Gasteiger charge is -2.19. The molecule has 0 aliphatic heterocycles. The molecular formula is C22H16F8O2. The molecule has 3 aromatic rings. The molecule has 172 valence electrons. The first-order chi connectivity index (χ1) is 14.9. The van der Waals surface area contributed by atoms with E-state index in [1.807, 2.05) is 6.92 Å². The van der Waals surface area contributed by atoms with Gasteiger partial charge in [0, 0.05) is 5.39 Å². The number of alkyl halides is 5. The second-order valence-corrected chi connectivity index (χ2v) is 6.89. The van der Waals surface area contributed by atoms with Crippen molar-refractivity contribution >= 4 is 10.8 Å². The Labute approximate surface area is 177 Å². The Morgan fingerprint density at radius 2 is 1.56 bits per heavy atom. The summed E-state index contributed by atoms with van der Waals surface area (Å²) in [4.78, 5) is 0. The van der Waals surface area contributed by atoms with Gasteiger partial charge in [0.25, 0.3) is 0 Å². The fourth-order valence-electron chi connectivity index (χ4n) is 3.10. The molecular weight excluding hydrogens is 448 g/mol. The van der Waals surface area contributed by atoms with Gasteiger partial charge in [0.05, 0.1) is 17.7 Å². The molecule has 3 aromatic carbocycles. The largest absolute Gasteiger partial charge is 0.527 e. The molecule has 2 nitrogen and oxygen atoms in total. The van der Waals surface area contributed by atoms with E-state index in [1.54, 1.807) is 0 Å². The molecule has 0 aromatic heterocycles. The first-order valence-electron chi connectivity index (χ1n) is 9.42. The Morgan fingerprint density at radius 1 is 0.844 bits per heavy atom. The first-order valence-corrected chi connectivity index (χ1v) is 9.42. The summed E-state index contributed by atoms with van der Waals surface area (Å²) in [5, 5.41) is 0.111. The van der Waals surface area contributed by atoms with Crippen molar-refractivity contribution < 1.29 is 44.6 Å². The van der Waals surface area contributed by atoms with E-state index in [9.17, 15) is 30.7 Å². The quantitative estimate of drug-likeness (QED) is 0.264. The number of hydrogen-bond donors (Lipinski definition) is 0. The minimum absolute atomic E-state index is 0.0422. The van der Waals surface area contributed by atoms with E-state index in [0.717, 1.165) is 18.9 Å². The molecule has 0 saturated carbocycles. The highest BCUT2D eigenvalue weighted by atomic mass is 19.4. The zero-order valence-electron chi connectivity index (χ0n) is 16.5. The van der Waals surface area contributed by atoms with E-state index in [1.165, 1.54) is 18.2 Å². The lowest BCUT2D eigenvalue weighted by atomic mass is 9.98. The number of rotatable bonds is 7. The summed E-state index contributed by atoms with van der Waals surface area (Å²) < 4.78 is 116. The van der Waals surface area contributed by atoms with Crippen LogP contribution in [0.2, 0.25) is 0 Å². The van der Waals surface area contributed by atoms with E-state index in [0.29, 0.717) is 24.5 Å². The predicted molar refractivity (Wildman–Crippen MR) is 101 cm³/mol. The van der Waals surface area contributed by atoms with Gasteiger partial charge in [-0.05, 0) is 53.8 Å². The van der Waals surface area contributed by atoms with Crippen LogP contribution in [0.4, 0.5) is 35.1 Å². The highest BCUT2D eigenvalue weighted by Crippen LogP contribution is 2.40. The molecule has 0 fully saturated rings. The molecule has 0 aliphatic carbocycles. The molecule has 0 atom stereocenters. The standard InChI is InChI=1S/C22H16F8O2/c1-2-3-8-31-14-5-6-15-13(9-14)11-18(24)19(20(15)25)12-4-7-16(17(23)10-12)21(26,27)32-22(28,29)30/h4-7,9-11H,2-3,8H2,1H3. The van der Waals surface area contributed by atoms with Crippen LogP contribution in [0.5, 0.6) is 5.75 Å². The lowest BCUT2D eigenvalue weighted by Crippen LogP contribution is -2.28. The summed E-state index contributed by atoms with van der Waals surface area (Å²) in [6.07, 6.45) is -9.09. The van der Waals surface area contributed by atoms with Crippen molar-refractivity contribution in [2.45, 2.75) is 32.2 Å².